The standard InChI is InChI=1S/C17H22N4O/c18-17-10-14(5-7-20-17)3-4-16-13-21(8-9-22-16)12-15-2-1-6-19-11-15/h1-2,5-7,10-11,16H,3-4,8-9,12-13H2,(H2,18,20)/t16-/m1/s1. The van der Waals surface area contributed by atoms with Crippen LogP contribution in [0.3, 0.4) is 0 Å². The van der Waals surface area contributed by atoms with Gasteiger partial charge in [0, 0.05) is 38.2 Å². The molecule has 5 nitrogen and oxygen atoms in total. The normalized spacial score (nSPS) is 19.2. The number of hydrogen-bond acceptors (Lipinski definition) is 5. The molecule has 1 aliphatic rings. The first-order valence-corrected chi connectivity index (χ1v) is 7.73. The minimum atomic E-state index is 0.278. The van der Waals surface area contributed by atoms with Crippen LogP contribution in [0.1, 0.15) is 17.5 Å². The van der Waals surface area contributed by atoms with E-state index in [1.165, 1.54) is 11.1 Å². The number of ether oxygens (including phenoxy) is 1. The molecule has 2 aromatic rings. The Morgan fingerprint density at radius 1 is 1.27 bits per heavy atom. The second-order valence-electron chi connectivity index (χ2n) is 5.72. The molecular formula is C17H22N4O. The number of morpholine rings is 1. The van der Waals surface area contributed by atoms with E-state index in [9.17, 15) is 0 Å². The van der Waals surface area contributed by atoms with E-state index in [4.69, 9.17) is 10.5 Å². The average Bonchev–Trinajstić information content (AvgIpc) is 2.54. The van der Waals surface area contributed by atoms with Gasteiger partial charge in [0.05, 0.1) is 12.7 Å². The van der Waals surface area contributed by atoms with Crippen molar-refractivity contribution < 1.29 is 4.74 Å². The van der Waals surface area contributed by atoms with Gasteiger partial charge >= 0.3 is 0 Å². The minimum Gasteiger partial charge on any atom is -0.384 e. The van der Waals surface area contributed by atoms with Gasteiger partial charge in [-0.3, -0.25) is 9.88 Å². The molecule has 0 aliphatic carbocycles. The molecule has 3 heterocycles. The Hall–Kier alpha value is -1.98. The lowest BCUT2D eigenvalue weighted by molar-refractivity contribution is -0.0346. The van der Waals surface area contributed by atoms with E-state index < -0.39 is 0 Å². The molecule has 3 rings (SSSR count). The first-order valence-electron chi connectivity index (χ1n) is 7.73. The summed E-state index contributed by atoms with van der Waals surface area (Å²) in [6.07, 6.45) is 7.77. The molecule has 0 radical (unpaired) electrons. The largest absolute Gasteiger partial charge is 0.384 e. The third kappa shape index (κ3) is 4.26. The molecule has 0 aromatic carbocycles. The monoisotopic (exact) mass is 298 g/mol. The van der Waals surface area contributed by atoms with Gasteiger partial charge in [-0.1, -0.05) is 6.07 Å². The summed E-state index contributed by atoms with van der Waals surface area (Å²) >= 11 is 0. The molecular weight excluding hydrogens is 276 g/mol. The summed E-state index contributed by atoms with van der Waals surface area (Å²) in [4.78, 5) is 10.6. The molecule has 1 atom stereocenters. The Labute approximate surface area is 131 Å². The highest BCUT2D eigenvalue weighted by Gasteiger charge is 2.20. The molecule has 2 aromatic heterocycles. The van der Waals surface area contributed by atoms with Crippen LogP contribution in [-0.2, 0) is 17.7 Å². The molecule has 0 unspecified atom stereocenters. The molecule has 1 saturated heterocycles. The van der Waals surface area contributed by atoms with Crippen molar-refractivity contribution in [2.75, 3.05) is 25.4 Å². The molecule has 2 N–H and O–H groups in total. The highest BCUT2D eigenvalue weighted by molar-refractivity contribution is 5.31. The number of aromatic nitrogens is 2. The van der Waals surface area contributed by atoms with E-state index in [2.05, 4.69) is 20.9 Å². The second-order valence-corrected chi connectivity index (χ2v) is 5.72. The fourth-order valence-corrected chi connectivity index (χ4v) is 2.83. The molecule has 0 amide bonds. The fraction of sp³-hybridized carbons (Fsp3) is 0.412. The van der Waals surface area contributed by atoms with Crippen molar-refractivity contribution in [2.45, 2.75) is 25.5 Å². The summed E-state index contributed by atoms with van der Waals surface area (Å²) in [5.41, 5.74) is 8.20. The summed E-state index contributed by atoms with van der Waals surface area (Å²) in [7, 11) is 0. The van der Waals surface area contributed by atoms with Gasteiger partial charge < -0.3 is 10.5 Å². The molecule has 1 fully saturated rings. The predicted molar refractivity (Wildman–Crippen MR) is 86.2 cm³/mol. The van der Waals surface area contributed by atoms with Crippen LogP contribution in [0.25, 0.3) is 0 Å². The number of nitrogens with zero attached hydrogens (tertiary/aromatic N) is 3. The zero-order valence-corrected chi connectivity index (χ0v) is 12.7. The van der Waals surface area contributed by atoms with Crippen LogP contribution in [0.4, 0.5) is 5.82 Å². The first-order chi connectivity index (χ1) is 10.8. The summed E-state index contributed by atoms with van der Waals surface area (Å²) in [6, 6.07) is 8.07. The average molecular weight is 298 g/mol. The molecule has 5 heteroatoms. The molecule has 116 valence electrons. The SMILES string of the molecule is Nc1cc(CC[C@@H]2CN(Cc3cccnc3)CCO2)ccn1. The highest BCUT2D eigenvalue weighted by atomic mass is 16.5. The molecule has 0 spiro atoms. The van der Waals surface area contributed by atoms with Crippen molar-refractivity contribution in [1.29, 1.82) is 0 Å². The van der Waals surface area contributed by atoms with Gasteiger partial charge in [0.1, 0.15) is 5.82 Å². The van der Waals surface area contributed by atoms with E-state index in [0.717, 1.165) is 39.1 Å². The van der Waals surface area contributed by atoms with Gasteiger partial charge in [0.15, 0.2) is 0 Å². The van der Waals surface area contributed by atoms with Crippen LogP contribution in [0.15, 0.2) is 42.9 Å². The molecule has 1 aliphatic heterocycles. The lowest BCUT2D eigenvalue weighted by Crippen LogP contribution is -2.42. The Morgan fingerprint density at radius 2 is 2.23 bits per heavy atom. The maximum atomic E-state index is 5.89. The van der Waals surface area contributed by atoms with Crippen LogP contribution < -0.4 is 5.73 Å². The predicted octanol–water partition coefficient (Wildman–Crippen LogP) is 1.89. The molecule has 0 bridgehead atoms. The van der Waals surface area contributed by atoms with Gasteiger partial charge in [-0.05, 0) is 42.2 Å². The van der Waals surface area contributed by atoms with Gasteiger partial charge in [0.25, 0.3) is 0 Å². The summed E-state index contributed by atoms with van der Waals surface area (Å²) in [6.45, 7) is 3.68. The molecule has 0 saturated carbocycles. The first kappa shape index (κ1) is 14.9. The van der Waals surface area contributed by atoms with E-state index >= 15 is 0 Å². The second kappa shape index (κ2) is 7.33. The van der Waals surface area contributed by atoms with E-state index in [0.29, 0.717) is 5.82 Å². The summed E-state index contributed by atoms with van der Waals surface area (Å²) < 4.78 is 5.89. The van der Waals surface area contributed by atoms with Gasteiger partial charge in [0.2, 0.25) is 0 Å². The van der Waals surface area contributed by atoms with Crippen LogP contribution in [0.5, 0.6) is 0 Å². The number of hydrogen-bond donors (Lipinski definition) is 1. The van der Waals surface area contributed by atoms with Crippen molar-refractivity contribution in [3.63, 3.8) is 0 Å². The van der Waals surface area contributed by atoms with Crippen molar-refractivity contribution in [1.82, 2.24) is 14.9 Å². The maximum absolute atomic E-state index is 5.89. The number of rotatable bonds is 5. The third-order valence-corrected chi connectivity index (χ3v) is 3.95. The number of nitrogen functional groups attached to an aromatic ring is 1. The Bertz CT molecular complexity index is 590. The van der Waals surface area contributed by atoms with Crippen molar-refractivity contribution >= 4 is 5.82 Å². The fourth-order valence-electron chi connectivity index (χ4n) is 2.83. The van der Waals surface area contributed by atoms with Crippen molar-refractivity contribution in [3.8, 4) is 0 Å². The number of anilines is 1. The van der Waals surface area contributed by atoms with E-state index in [-0.39, 0.29) is 6.10 Å². The number of pyridine rings is 2. The minimum absolute atomic E-state index is 0.278. The lowest BCUT2D eigenvalue weighted by Gasteiger charge is -2.33. The van der Waals surface area contributed by atoms with E-state index in [1.807, 2.05) is 30.6 Å². The van der Waals surface area contributed by atoms with E-state index in [1.54, 1.807) is 6.20 Å². The topological polar surface area (TPSA) is 64.3 Å². The van der Waals surface area contributed by atoms with Gasteiger partial charge in [-0.15, -0.1) is 0 Å². The summed E-state index contributed by atoms with van der Waals surface area (Å²) in [5, 5.41) is 0. The number of nitrogens with two attached hydrogens (primary N) is 1. The lowest BCUT2D eigenvalue weighted by atomic mass is 10.1. The quantitative estimate of drug-likeness (QED) is 0.913. The van der Waals surface area contributed by atoms with Crippen LogP contribution in [0, 0.1) is 0 Å². The smallest absolute Gasteiger partial charge is 0.123 e. The zero-order chi connectivity index (χ0) is 15.2. The van der Waals surface area contributed by atoms with Crippen LogP contribution in [0.2, 0.25) is 0 Å². The van der Waals surface area contributed by atoms with Gasteiger partial charge in [-0.2, -0.15) is 0 Å². The Balaban J connectivity index is 1.50. The highest BCUT2D eigenvalue weighted by Crippen LogP contribution is 2.15. The molecule has 22 heavy (non-hydrogen) atoms. The zero-order valence-electron chi connectivity index (χ0n) is 12.7. The van der Waals surface area contributed by atoms with Crippen molar-refractivity contribution in [2.24, 2.45) is 0 Å². The van der Waals surface area contributed by atoms with Crippen molar-refractivity contribution in [3.05, 3.63) is 54.0 Å². The Morgan fingerprint density at radius 3 is 3.05 bits per heavy atom. The van der Waals surface area contributed by atoms with Gasteiger partial charge in [-0.25, -0.2) is 4.98 Å². The van der Waals surface area contributed by atoms with Crippen LogP contribution >= 0.6 is 0 Å². The maximum Gasteiger partial charge on any atom is 0.123 e. The number of aryl methyl sites for hydroxylation is 1. The van der Waals surface area contributed by atoms with Crippen LogP contribution in [-0.4, -0.2) is 40.7 Å². The third-order valence-electron chi connectivity index (χ3n) is 3.95. The Kier molecular flexibility index (Phi) is 4.98. The summed E-state index contributed by atoms with van der Waals surface area (Å²) in [5.74, 6) is 0.584.